The van der Waals surface area contributed by atoms with E-state index in [0.717, 1.165) is 5.41 Å². The molecule has 0 amide bonds. The minimum absolute atomic E-state index is 1.05. The van der Waals surface area contributed by atoms with Crippen molar-refractivity contribution in [3.63, 3.8) is 0 Å². The Hall–Kier alpha value is -0.750. The van der Waals surface area contributed by atoms with Crippen LogP contribution in [0.15, 0.2) is 11.5 Å². The van der Waals surface area contributed by atoms with Gasteiger partial charge in [0, 0.05) is 11.3 Å². The first kappa shape index (κ1) is 4.41. The van der Waals surface area contributed by atoms with E-state index in [9.17, 15) is 8.42 Å². The van der Waals surface area contributed by atoms with Crippen molar-refractivity contribution in [1.29, 1.82) is 0 Å². The summed E-state index contributed by atoms with van der Waals surface area (Å²) in [7, 11) is -3.09. The number of hydrogen-bond donors (Lipinski definition) is 0. The van der Waals surface area contributed by atoms with Gasteiger partial charge in [-0.05, 0) is 0 Å². The lowest BCUT2D eigenvalue weighted by Gasteiger charge is -1.70. The molecule has 0 fully saturated rings. The van der Waals surface area contributed by atoms with E-state index in [1.165, 1.54) is 6.08 Å². The molecule has 0 spiro atoms. The van der Waals surface area contributed by atoms with Crippen LogP contribution in [0.2, 0.25) is 0 Å². The van der Waals surface area contributed by atoms with Gasteiger partial charge in [0.05, 0.1) is 5.41 Å². The van der Waals surface area contributed by atoms with E-state index in [1.807, 2.05) is 5.25 Å². The first-order valence-corrected chi connectivity index (χ1v) is 3.19. The van der Waals surface area contributed by atoms with Crippen LogP contribution in [0.1, 0.15) is 0 Å². The molecule has 1 aliphatic heterocycles. The molecule has 0 aliphatic carbocycles. The van der Waals surface area contributed by atoms with E-state index in [4.69, 9.17) is 0 Å². The van der Waals surface area contributed by atoms with Gasteiger partial charge in [0.15, 0.2) is 0 Å². The molecule has 1 heterocycles. The third-order valence-electron chi connectivity index (χ3n) is 0.532. The average Bonchev–Trinajstić information content (AvgIpc) is 1.84. The molecule has 7 heavy (non-hydrogen) atoms. The molecule has 0 saturated carbocycles. The van der Waals surface area contributed by atoms with E-state index in [1.54, 1.807) is 0 Å². The standard InChI is InChI=1S/C4H2O2S/c5-7(6)3-1-2-4-7/h1,3H. The average molecular weight is 114 g/mol. The topological polar surface area (TPSA) is 34.1 Å². The van der Waals surface area contributed by atoms with E-state index < -0.39 is 9.84 Å². The summed E-state index contributed by atoms with van der Waals surface area (Å²) in [6.07, 6.45) is 1.31. The van der Waals surface area contributed by atoms with Crippen molar-refractivity contribution in [2.75, 3.05) is 0 Å². The summed E-state index contributed by atoms with van der Waals surface area (Å²) in [4.78, 5) is 0. The minimum Gasteiger partial charge on any atom is -0.211 e. The van der Waals surface area contributed by atoms with E-state index in [0.29, 0.717) is 0 Å². The summed E-state index contributed by atoms with van der Waals surface area (Å²) < 4.78 is 20.3. The van der Waals surface area contributed by atoms with Crippen molar-refractivity contribution >= 4 is 9.84 Å². The Morgan fingerprint density at radius 2 is 2.14 bits per heavy atom. The molecule has 0 aromatic carbocycles. The predicted octanol–water partition coefficient (Wildman–Crippen LogP) is -0.111. The van der Waals surface area contributed by atoms with Crippen LogP contribution in [-0.4, -0.2) is 8.42 Å². The minimum atomic E-state index is -3.09. The first-order valence-electron chi connectivity index (χ1n) is 1.65. The Bertz CT molecular complexity index is 247. The Kier molecular flexibility index (Phi) is 0.698. The summed E-state index contributed by atoms with van der Waals surface area (Å²) >= 11 is 0. The first-order chi connectivity index (χ1) is 3.21. The highest BCUT2D eigenvalue weighted by atomic mass is 32.2. The van der Waals surface area contributed by atoms with Crippen LogP contribution in [0.5, 0.6) is 0 Å². The molecular weight excluding hydrogens is 112 g/mol. The fourth-order valence-electron chi connectivity index (χ4n) is 0.274. The highest BCUT2D eigenvalue weighted by Crippen LogP contribution is 1.93. The molecule has 2 nitrogen and oxygen atoms in total. The van der Waals surface area contributed by atoms with Crippen molar-refractivity contribution in [1.82, 2.24) is 0 Å². The highest BCUT2D eigenvalue weighted by Gasteiger charge is 2.00. The maximum Gasteiger partial charge on any atom is 0.239 e. The molecule has 36 valence electrons. The van der Waals surface area contributed by atoms with Gasteiger partial charge in [-0.1, -0.05) is 5.92 Å². The molecule has 1 rings (SSSR count). The molecular formula is C4H2O2S. The Morgan fingerprint density at radius 1 is 1.43 bits per heavy atom. The van der Waals surface area contributed by atoms with Crippen molar-refractivity contribution < 1.29 is 8.42 Å². The number of rotatable bonds is 0. The lowest BCUT2D eigenvalue weighted by atomic mass is 10.7. The second-order valence-corrected chi connectivity index (χ2v) is 2.66. The SMILES string of the molecule is O=S1(=O)C#CC=C1. The summed E-state index contributed by atoms with van der Waals surface area (Å²) in [6.45, 7) is 0. The maximum atomic E-state index is 10.2. The second kappa shape index (κ2) is 1.11. The molecule has 3 heteroatoms. The summed E-state index contributed by atoms with van der Waals surface area (Å²) in [6, 6.07) is 0. The fraction of sp³-hybridized carbons (Fsp3) is 0. The van der Waals surface area contributed by atoms with E-state index in [2.05, 4.69) is 5.92 Å². The summed E-state index contributed by atoms with van der Waals surface area (Å²) in [5.41, 5.74) is 0. The van der Waals surface area contributed by atoms with Gasteiger partial charge >= 0.3 is 0 Å². The van der Waals surface area contributed by atoms with Gasteiger partial charge in [-0.25, -0.2) is 8.42 Å². The molecule has 0 atom stereocenters. The molecule has 0 unspecified atom stereocenters. The van der Waals surface area contributed by atoms with Crippen molar-refractivity contribution in [2.24, 2.45) is 0 Å². The third kappa shape index (κ3) is 0.815. The summed E-state index contributed by atoms with van der Waals surface area (Å²) in [5.74, 6) is 2.29. The Balaban J connectivity index is 3.37. The molecule has 0 aromatic rings. The summed E-state index contributed by atoms with van der Waals surface area (Å²) in [5, 5.41) is 3.06. The predicted molar refractivity (Wildman–Crippen MR) is 25.8 cm³/mol. The van der Waals surface area contributed by atoms with E-state index >= 15 is 0 Å². The molecule has 0 radical (unpaired) electrons. The van der Waals surface area contributed by atoms with Gasteiger partial charge in [0.25, 0.3) is 0 Å². The van der Waals surface area contributed by atoms with Crippen molar-refractivity contribution in [2.45, 2.75) is 0 Å². The zero-order valence-electron chi connectivity index (χ0n) is 3.38. The maximum absolute atomic E-state index is 10.2. The molecule has 0 N–H and O–H groups in total. The lowest BCUT2D eigenvalue weighted by molar-refractivity contribution is 0.614. The Morgan fingerprint density at radius 3 is 2.29 bits per heavy atom. The van der Waals surface area contributed by atoms with Crippen LogP contribution in [-0.2, 0) is 9.84 Å². The van der Waals surface area contributed by atoms with Crippen LogP contribution >= 0.6 is 0 Å². The van der Waals surface area contributed by atoms with Gasteiger partial charge in [0.1, 0.15) is 0 Å². The van der Waals surface area contributed by atoms with Gasteiger partial charge in [-0.15, -0.1) is 0 Å². The van der Waals surface area contributed by atoms with Crippen molar-refractivity contribution in [3.8, 4) is 11.2 Å². The van der Waals surface area contributed by atoms with Gasteiger partial charge in [-0.2, -0.15) is 0 Å². The van der Waals surface area contributed by atoms with Crippen LogP contribution in [0.3, 0.4) is 0 Å². The third-order valence-corrected chi connectivity index (χ3v) is 1.43. The molecule has 0 saturated heterocycles. The quantitative estimate of drug-likeness (QED) is 0.325. The number of allylic oxidation sites excluding steroid dienone is 1. The Labute approximate surface area is 41.8 Å². The zero-order chi connectivity index (χ0) is 5.33. The fourth-order valence-corrected chi connectivity index (χ4v) is 0.821. The van der Waals surface area contributed by atoms with Crippen LogP contribution in [0.25, 0.3) is 0 Å². The highest BCUT2D eigenvalue weighted by molar-refractivity contribution is 7.99. The van der Waals surface area contributed by atoms with Gasteiger partial charge in [0.2, 0.25) is 9.84 Å². The van der Waals surface area contributed by atoms with Gasteiger partial charge in [-0.3, -0.25) is 0 Å². The monoisotopic (exact) mass is 114 g/mol. The number of hydrogen-bond acceptors (Lipinski definition) is 2. The van der Waals surface area contributed by atoms with E-state index in [-0.39, 0.29) is 0 Å². The molecule has 0 bridgehead atoms. The van der Waals surface area contributed by atoms with Crippen molar-refractivity contribution in [3.05, 3.63) is 11.5 Å². The molecule has 1 aliphatic rings. The van der Waals surface area contributed by atoms with Crippen LogP contribution in [0, 0.1) is 11.2 Å². The largest absolute Gasteiger partial charge is 0.239 e. The zero-order valence-corrected chi connectivity index (χ0v) is 4.20. The van der Waals surface area contributed by atoms with Gasteiger partial charge < -0.3 is 0 Å². The smallest absolute Gasteiger partial charge is 0.211 e. The molecule has 0 aromatic heterocycles. The number of sulfone groups is 1. The lowest BCUT2D eigenvalue weighted by Crippen LogP contribution is -1.82. The normalized spacial score (nSPS) is 21.1. The van der Waals surface area contributed by atoms with Crippen LogP contribution in [0.4, 0.5) is 0 Å². The second-order valence-electron chi connectivity index (χ2n) is 1.09. The van der Waals surface area contributed by atoms with Crippen LogP contribution < -0.4 is 0 Å².